The molecule has 1 unspecified atom stereocenters. The van der Waals surface area contributed by atoms with E-state index in [1.54, 1.807) is 6.20 Å². The third-order valence-electron chi connectivity index (χ3n) is 2.97. The van der Waals surface area contributed by atoms with Crippen molar-refractivity contribution in [2.75, 3.05) is 0 Å². The molecule has 0 aliphatic heterocycles. The van der Waals surface area contributed by atoms with E-state index in [2.05, 4.69) is 49.4 Å². The molecule has 0 spiro atoms. The third kappa shape index (κ3) is 2.94. The highest BCUT2D eigenvalue weighted by atomic mass is 16.5. The summed E-state index contributed by atoms with van der Waals surface area (Å²) in [5, 5.41) is 7.13. The molecule has 17 heavy (non-hydrogen) atoms. The smallest absolute Gasteiger partial charge is 0.150 e. The number of nitrogens with zero attached hydrogens (tertiary/aromatic N) is 1. The van der Waals surface area contributed by atoms with Gasteiger partial charge < -0.3 is 9.84 Å². The first kappa shape index (κ1) is 11.9. The zero-order chi connectivity index (χ0) is 12.3. The van der Waals surface area contributed by atoms with Crippen molar-refractivity contribution in [2.45, 2.75) is 33.4 Å². The van der Waals surface area contributed by atoms with Crippen LogP contribution in [-0.4, -0.2) is 5.16 Å². The minimum atomic E-state index is 0.306. The lowest BCUT2D eigenvalue weighted by molar-refractivity contribution is 0.366. The topological polar surface area (TPSA) is 38.1 Å². The Hall–Kier alpha value is -1.61. The second-order valence-electron chi connectivity index (χ2n) is 4.44. The van der Waals surface area contributed by atoms with Gasteiger partial charge in [-0.05, 0) is 31.9 Å². The third-order valence-corrected chi connectivity index (χ3v) is 2.97. The summed E-state index contributed by atoms with van der Waals surface area (Å²) in [5.74, 6) is 0.863. The lowest BCUT2D eigenvalue weighted by Gasteiger charge is -2.16. The molecule has 0 fully saturated rings. The van der Waals surface area contributed by atoms with Crippen LogP contribution >= 0.6 is 0 Å². The van der Waals surface area contributed by atoms with Gasteiger partial charge in [0.2, 0.25) is 0 Å². The molecule has 0 bridgehead atoms. The Morgan fingerprint density at radius 3 is 2.82 bits per heavy atom. The van der Waals surface area contributed by atoms with Gasteiger partial charge in [-0.15, -0.1) is 0 Å². The van der Waals surface area contributed by atoms with Crippen LogP contribution < -0.4 is 5.32 Å². The lowest BCUT2D eigenvalue weighted by Crippen LogP contribution is -2.18. The number of hydrogen-bond donors (Lipinski definition) is 1. The highest BCUT2D eigenvalue weighted by molar-refractivity contribution is 5.32. The Labute approximate surface area is 102 Å². The summed E-state index contributed by atoms with van der Waals surface area (Å²) in [6.07, 6.45) is 1.67. The van der Waals surface area contributed by atoms with Gasteiger partial charge in [-0.25, -0.2) is 0 Å². The predicted molar refractivity (Wildman–Crippen MR) is 67.7 cm³/mol. The maximum Gasteiger partial charge on any atom is 0.150 e. The molecule has 0 aliphatic rings. The van der Waals surface area contributed by atoms with Crippen LogP contribution in [0.2, 0.25) is 0 Å². The Morgan fingerprint density at radius 1 is 1.29 bits per heavy atom. The van der Waals surface area contributed by atoms with Gasteiger partial charge in [0.1, 0.15) is 5.76 Å². The molecule has 1 aromatic heterocycles. The number of aryl methyl sites for hydroxylation is 2. The average molecular weight is 230 g/mol. The van der Waals surface area contributed by atoms with Crippen molar-refractivity contribution in [3.63, 3.8) is 0 Å². The standard InChI is InChI=1S/C14H18N2O/c1-10-4-5-11(2)14(8-10)12(3)15-9-13-6-7-16-17-13/h4-8,12,15H,9H2,1-3H3. The predicted octanol–water partition coefficient (Wildman–Crippen LogP) is 3.14. The van der Waals surface area contributed by atoms with E-state index in [1.165, 1.54) is 16.7 Å². The summed E-state index contributed by atoms with van der Waals surface area (Å²) in [4.78, 5) is 0. The van der Waals surface area contributed by atoms with Gasteiger partial charge in [-0.3, -0.25) is 0 Å². The number of nitrogens with one attached hydrogen (secondary N) is 1. The number of rotatable bonds is 4. The second kappa shape index (κ2) is 5.15. The molecule has 1 heterocycles. The van der Waals surface area contributed by atoms with E-state index in [1.807, 2.05) is 6.07 Å². The number of hydrogen-bond acceptors (Lipinski definition) is 3. The molecule has 2 aromatic rings. The van der Waals surface area contributed by atoms with E-state index in [9.17, 15) is 0 Å². The van der Waals surface area contributed by atoms with Crippen LogP contribution in [0.5, 0.6) is 0 Å². The molecule has 0 radical (unpaired) electrons. The quantitative estimate of drug-likeness (QED) is 0.876. The molecule has 0 saturated carbocycles. The summed E-state index contributed by atoms with van der Waals surface area (Å²) in [6, 6.07) is 8.72. The molecule has 0 amide bonds. The summed E-state index contributed by atoms with van der Waals surface area (Å²) in [7, 11) is 0. The van der Waals surface area contributed by atoms with E-state index < -0.39 is 0 Å². The largest absolute Gasteiger partial charge is 0.360 e. The van der Waals surface area contributed by atoms with Gasteiger partial charge >= 0.3 is 0 Å². The molecular formula is C14H18N2O. The van der Waals surface area contributed by atoms with Gasteiger partial charge in [0.05, 0.1) is 12.7 Å². The van der Waals surface area contributed by atoms with E-state index >= 15 is 0 Å². The van der Waals surface area contributed by atoms with Gasteiger partial charge in [-0.2, -0.15) is 0 Å². The van der Waals surface area contributed by atoms with Crippen LogP contribution in [0.1, 0.15) is 35.4 Å². The zero-order valence-corrected chi connectivity index (χ0v) is 10.5. The van der Waals surface area contributed by atoms with Crippen molar-refractivity contribution in [3.8, 4) is 0 Å². The van der Waals surface area contributed by atoms with Crippen LogP contribution in [0.4, 0.5) is 0 Å². The normalized spacial score (nSPS) is 12.6. The molecule has 90 valence electrons. The number of aromatic nitrogens is 1. The van der Waals surface area contributed by atoms with Crippen molar-refractivity contribution in [1.29, 1.82) is 0 Å². The average Bonchev–Trinajstić information content (AvgIpc) is 2.82. The summed E-state index contributed by atoms with van der Waals surface area (Å²) >= 11 is 0. The van der Waals surface area contributed by atoms with Crippen molar-refractivity contribution >= 4 is 0 Å². The molecule has 1 atom stereocenters. The Balaban J connectivity index is 2.04. The minimum absolute atomic E-state index is 0.306. The van der Waals surface area contributed by atoms with Crippen LogP contribution in [-0.2, 0) is 6.54 Å². The minimum Gasteiger partial charge on any atom is -0.360 e. The van der Waals surface area contributed by atoms with Crippen molar-refractivity contribution in [3.05, 3.63) is 52.9 Å². The Bertz CT molecular complexity index is 477. The second-order valence-corrected chi connectivity index (χ2v) is 4.44. The molecule has 0 aliphatic carbocycles. The summed E-state index contributed by atoms with van der Waals surface area (Å²) < 4.78 is 5.06. The Kier molecular flexibility index (Phi) is 3.59. The Morgan fingerprint density at radius 2 is 2.12 bits per heavy atom. The fraction of sp³-hybridized carbons (Fsp3) is 0.357. The molecule has 3 heteroatoms. The first-order valence-corrected chi connectivity index (χ1v) is 5.87. The SMILES string of the molecule is Cc1ccc(C)c(C(C)NCc2ccno2)c1. The molecule has 1 aromatic carbocycles. The van der Waals surface area contributed by atoms with Gasteiger partial charge in [0.25, 0.3) is 0 Å². The molecule has 2 rings (SSSR count). The van der Waals surface area contributed by atoms with Crippen molar-refractivity contribution < 1.29 is 4.52 Å². The highest BCUT2D eigenvalue weighted by Crippen LogP contribution is 2.19. The van der Waals surface area contributed by atoms with Gasteiger partial charge in [0, 0.05) is 12.1 Å². The van der Waals surface area contributed by atoms with E-state index in [0.717, 1.165) is 5.76 Å². The summed E-state index contributed by atoms with van der Waals surface area (Å²) in [6.45, 7) is 7.13. The monoisotopic (exact) mass is 230 g/mol. The van der Waals surface area contributed by atoms with Crippen LogP contribution in [0.25, 0.3) is 0 Å². The van der Waals surface area contributed by atoms with E-state index in [4.69, 9.17) is 4.52 Å². The van der Waals surface area contributed by atoms with Gasteiger partial charge in [0.15, 0.2) is 0 Å². The van der Waals surface area contributed by atoms with E-state index in [0.29, 0.717) is 12.6 Å². The van der Waals surface area contributed by atoms with E-state index in [-0.39, 0.29) is 0 Å². The van der Waals surface area contributed by atoms with Crippen LogP contribution in [0.3, 0.4) is 0 Å². The molecule has 1 N–H and O–H groups in total. The molecular weight excluding hydrogens is 212 g/mol. The zero-order valence-electron chi connectivity index (χ0n) is 10.5. The molecule has 3 nitrogen and oxygen atoms in total. The van der Waals surface area contributed by atoms with Crippen molar-refractivity contribution in [1.82, 2.24) is 10.5 Å². The maximum atomic E-state index is 5.06. The maximum absolute atomic E-state index is 5.06. The van der Waals surface area contributed by atoms with Crippen LogP contribution in [0, 0.1) is 13.8 Å². The fourth-order valence-corrected chi connectivity index (χ4v) is 1.92. The summed E-state index contributed by atoms with van der Waals surface area (Å²) in [5.41, 5.74) is 3.94. The lowest BCUT2D eigenvalue weighted by atomic mass is 10.00. The first-order chi connectivity index (χ1) is 8.16. The molecule has 0 saturated heterocycles. The fourth-order valence-electron chi connectivity index (χ4n) is 1.92. The van der Waals surface area contributed by atoms with Gasteiger partial charge in [-0.1, -0.05) is 28.9 Å². The van der Waals surface area contributed by atoms with Crippen LogP contribution in [0.15, 0.2) is 35.0 Å². The van der Waals surface area contributed by atoms with Crippen molar-refractivity contribution in [2.24, 2.45) is 0 Å². The highest BCUT2D eigenvalue weighted by Gasteiger charge is 2.08. The number of benzene rings is 1. The first-order valence-electron chi connectivity index (χ1n) is 5.87.